The summed E-state index contributed by atoms with van der Waals surface area (Å²) >= 11 is 4.97. The predicted octanol–water partition coefficient (Wildman–Crippen LogP) is 2.06. The molecule has 1 unspecified atom stereocenters. The molecule has 1 fully saturated rings. The minimum absolute atomic E-state index is 0.140. The van der Waals surface area contributed by atoms with Gasteiger partial charge in [-0.1, -0.05) is 12.2 Å². The molecule has 0 saturated carbocycles. The number of nitrogens with two attached hydrogens (primary N) is 1. The monoisotopic (exact) mass is 244 g/mol. The van der Waals surface area contributed by atoms with Crippen LogP contribution in [0.25, 0.3) is 0 Å². The molecule has 2 N–H and O–H groups in total. The fraction of sp³-hybridized carbons (Fsp3) is 0.818. The third-order valence-corrected chi connectivity index (χ3v) is 2.87. The highest BCUT2D eigenvalue weighted by Crippen LogP contribution is 2.26. The van der Waals surface area contributed by atoms with Gasteiger partial charge in [-0.3, -0.25) is 4.90 Å². The van der Waals surface area contributed by atoms with Crippen molar-refractivity contribution >= 4 is 23.3 Å². The molecule has 1 aliphatic heterocycles. The zero-order chi connectivity index (χ0) is 12.5. The maximum atomic E-state index is 12.0. The van der Waals surface area contributed by atoms with Crippen molar-refractivity contribution in [3.8, 4) is 0 Å². The number of carbonyl (C=O) groups is 1. The van der Waals surface area contributed by atoms with E-state index in [2.05, 4.69) is 0 Å². The lowest BCUT2D eigenvalue weighted by atomic mass is 10.2. The molecule has 1 amide bonds. The number of hydrogen-bond acceptors (Lipinski definition) is 3. The van der Waals surface area contributed by atoms with E-state index in [0.29, 0.717) is 4.99 Å². The smallest absolute Gasteiger partial charge is 0.411 e. The lowest BCUT2D eigenvalue weighted by Crippen LogP contribution is -2.47. The van der Waals surface area contributed by atoms with Crippen molar-refractivity contribution in [2.24, 2.45) is 5.73 Å². The van der Waals surface area contributed by atoms with Crippen LogP contribution in [-0.4, -0.2) is 33.7 Å². The van der Waals surface area contributed by atoms with Crippen molar-refractivity contribution in [2.45, 2.75) is 58.2 Å². The van der Waals surface area contributed by atoms with Crippen molar-refractivity contribution in [2.75, 3.05) is 0 Å². The second kappa shape index (κ2) is 4.57. The average molecular weight is 244 g/mol. The fourth-order valence-electron chi connectivity index (χ4n) is 1.89. The van der Waals surface area contributed by atoms with Gasteiger partial charge >= 0.3 is 6.09 Å². The number of rotatable bonds is 1. The van der Waals surface area contributed by atoms with Gasteiger partial charge in [-0.15, -0.1) is 0 Å². The van der Waals surface area contributed by atoms with Gasteiger partial charge in [-0.25, -0.2) is 4.79 Å². The molecule has 0 radical (unpaired) electrons. The van der Waals surface area contributed by atoms with Crippen LogP contribution >= 0.6 is 12.2 Å². The van der Waals surface area contributed by atoms with Gasteiger partial charge in [-0.05, 0) is 40.5 Å². The third kappa shape index (κ3) is 3.07. The summed E-state index contributed by atoms with van der Waals surface area (Å²) in [5.41, 5.74) is 5.15. The summed E-state index contributed by atoms with van der Waals surface area (Å²) in [5, 5.41) is 0. The SMILES string of the molecule is CC1CC[C@@H](C(N)=S)N1C(=O)OC(C)(C)C. The third-order valence-electron chi connectivity index (χ3n) is 2.60. The van der Waals surface area contributed by atoms with Gasteiger partial charge < -0.3 is 10.5 Å². The molecule has 0 bridgehead atoms. The number of ether oxygens (including phenoxy) is 1. The van der Waals surface area contributed by atoms with E-state index in [4.69, 9.17) is 22.7 Å². The first-order valence-electron chi connectivity index (χ1n) is 5.53. The van der Waals surface area contributed by atoms with Crippen LogP contribution in [0.1, 0.15) is 40.5 Å². The van der Waals surface area contributed by atoms with E-state index in [1.54, 1.807) is 4.90 Å². The van der Waals surface area contributed by atoms with Crippen LogP contribution in [-0.2, 0) is 4.74 Å². The van der Waals surface area contributed by atoms with E-state index in [0.717, 1.165) is 12.8 Å². The van der Waals surface area contributed by atoms with Crippen LogP contribution in [0.15, 0.2) is 0 Å². The first-order chi connectivity index (χ1) is 7.22. The summed E-state index contributed by atoms with van der Waals surface area (Å²) in [5.74, 6) is 0. The van der Waals surface area contributed by atoms with Gasteiger partial charge in [0.2, 0.25) is 0 Å². The molecule has 0 aromatic heterocycles. The molecular formula is C11H20N2O2S. The molecule has 0 spiro atoms. The molecule has 0 aliphatic carbocycles. The lowest BCUT2D eigenvalue weighted by molar-refractivity contribution is 0.0206. The average Bonchev–Trinajstić information content (AvgIpc) is 2.43. The molecule has 16 heavy (non-hydrogen) atoms. The topological polar surface area (TPSA) is 55.6 Å². The van der Waals surface area contributed by atoms with Crippen LogP contribution < -0.4 is 5.73 Å². The molecule has 0 aromatic carbocycles. The maximum absolute atomic E-state index is 12.0. The Bertz CT molecular complexity index is 299. The number of amides is 1. The molecule has 1 heterocycles. The van der Waals surface area contributed by atoms with Crippen LogP contribution in [0.5, 0.6) is 0 Å². The van der Waals surface area contributed by atoms with Gasteiger partial charge in [0.15, 0.2) is 0 Å². The summed E-state index contributed by atoms with van der Waals surface area (Å²) in [6.45, 7) is 7.53. The predicted molar refractivity (Wildman–Crippen MR) is 67.3 cm³/mol. The maximum Gasteiger partial charge on any atom is 0.411 e. The van der Waals surface area contributed by atoms with Crippen molar-refractivity contribution in [1.29, 1.82) is 0 Å². The van der Waals surface area contributed by atoms with Gasteiger partial charge in [0, 0.05) is 6.04 Å². The second-order valence-electron chi connectivity index (χ2n) is 5.23. The zero-order valence-electron chi connectivity index (χ0n) is 10.3. The minimum Gasteiger partial charge on any atom is -0.444 e. The van der Waals surface area contributed by atoms with Gasteiger partial charge in [0.25, 0.3) is 0 Å². The van der Waals surface area contributed by atoms with Crippen LogP contribution in [0, 0.1) is 0 Å². The zero-order valence-corrected chi connectivity index (χ0v) is 11.1. The Kier molecular flexibility index (Phi) is 3.78. The normalized spacial score (nSPS) is 25.6. The summed E-state index contributed by atoms with van der Waals surface area (Å²) in [6, 6.07) is -0.0128. The van der Waals surface area contributed by atoms with E-state index in [1.165, 1.54) is 0 Å². The Hall–Kier alpha value is -0.840. The molecule has 1 saturated heterocycles. The number of nitrogens with zero attached hydrogens (tertiary/aromatic N) is 1. The number of likely N-dealkylation sites (tertiary alicyclic amines) is 1. The first-order valence-corrected chi connectivity index (χ1v) is 5.94. The van der Waals surface area contributed by atoms with Crippen LogP contribution in [0.3, 0.4) is 0 Å². The van der Waals surface area contributed by atoms with Crippen molar-refractivity contribution < 1.29 is 9.53 Å². The van der Waals surface area contributed by atoms with E-state index < -0.39 is 5.60 Å². The van der Waals surface area contributed by atoms with Crippen molar-refractivity contribution in [3.05, 3.63) is 0 Å². The molecule has 1 aliphatic rings. The number of hydrogen-bond donors (Lipinski definition) is 1. The number of thiocarbonyl (C=S) groups is 1. The second-order valence-corrected chi connectivity index (χ2v) is 5.70. The molecule has 2 atom stereocenters. The molecule has 92 valence electrons. The first kappa shape index (κ1) is 13.2. The van der Waals surface area contributed by atoms with Gasteiger partial charge in [0.05, 0.1) is 11.0 Å². The van der Waals surface area contributed by atoms with Crippen molar-refractivity contribution in [3.63, 3.8) is 0 Å². The highest BCUT2D eigenvalue weighted by molar-refractivity contribution is 7.80. The Morgan fingerprint density at radius 3 is 2.44 bits per heavy atom. The molecule has 1 rings (SSSR count). The highest BCUT2D eigenvalue weighted by Gasteiger charge is 2.38. The summed E-state index contributed by atoms with van der Waals surface area (Å²) in [6.07, 6.45) is 1.42. The van der Waals surface area contributed by atoms with Gasteiger partial charge in [-0.2, -0.15) is 0 Å². The van der Waals surface area contributed by atoms with E-state index >= 15 is 0 Å². The summed E-state index contributed by atoms with van der Waals surface area (Å²) in [4.78, 5) is 14.0. The van der Waals surface area contributed by atoms with Crippen LogP contribution in [0.4, 0.5) is 4.79 Å². The van der Waals surface area contributed by atoms with E-state index in [9.17, 15) is 4.79 Å². The molecule has 0 aromatic rings. The van der Waals surface area contributed by atoms with Crippen LogP contribution in [0.2, 0.25) is 0 Å². The minimum atomic E-state index is -0.486. The number of carbonyl (C=O) groups excluding carboxylic acids is 1. The Morgan fingerprint density at radius 1 is 1.44 bits per heavy atom. The molecule has 4 nitrogen and oxygen atoms in total. The standard InChI is InChI=1S/C11H20N2O2S/c1-7-5-6-8(9(12)16)13(7)10(14)15-11(2,3)4/h7-8H,5-6H2,1-4H3,(H2,12,16)/t7?,8-/m0/s1. The fourth-order valence-corrected chi connectivity index (χ4v) is 2.12. The molecular weight excluding hydrogens is 224 g/mol. The Morgan fingerprint density at radius 2 is 2.00 bits per heavy atom. The van der Waals surface area contributed by atoms with E-state index in [-0.39, 0.29) is 18.2 Å². The quantitative estimate of drug-likeness (QED) is 0.717. The largest absolute Gasteiger partial charge is 0.444 e. The van der Waals surface area contributed by atoms with Gasteiger partial charge in [0.1, 0.15) is 5.60 Å². The van der Waals surface area contributed by atoms with Crippen molar-refractivity contribution in [1.82, 2.24) is 4.90 Å². The van der Waals surface area contributed by atoms with E-state index in [1.807, 2.05) is 27.7 Å². The highest BCUT2D eigenvalue weighted by atomic mass is 32.1. The molecule has 5 heteroatoms. The Balaban J connectivity index is 2.76. The Labute approximate surface area is 102 Å². The summed E-state index contributed by atoms with van der Waals surface area (Å²) in [7, 11) is 0. The summed E-state index contributed by atoms with van der Waals surface area (Å²) < 4.78 is 5.34. The lowest BCUT2D eigenvalue weighted by Gasteiger charge is -2.30.